The lowest BCUT2D eigenvalue weighted by Gasteiger charge is -2.34. The molecule has 0 amide bonds. The van der Waals surface area contributed by atoms with E-state index in [2.05, 4.69) is 39.2 Å². The first-order chi connectivity index (χ1) is 16.9. The van der Waals surface area contributed by atoms with Crippen molar-refractivity contribution < 1.29 is 18.6 Å². The van der Waals surface area contributed by atoms with Crippen LogP contribution < -0.4 is 14.8 Å². The predicted molar refractivity (Wildman–Crippen MR) is 136 cm³/mol. The number of methoxy groups -OCH3 is 1. The molecule has 0 saturated carbocycles. The number of morpholine rings is 1. The van der Waals surface area contributed by atoms with Gasteiger partial charge >= 0.3 is 0 Å². The van der Waals surface area contributed by atoms with Crippen LogP contribution in [0.1, 0.15) is 6.42 Å². The van der Waals surface area contributed by atoms with Crippen molar-refractivity contribution >= 4 is 34.0 Å². The molecule has 0 spiro atoms. The van der Waals surface area contributed by atoms with Gasteiger partial charge in [0.05, 0.1) is 37.0 Å². The van der Waals surface area contributed by atoms with Gasteiger partial charge in [-0.15, -0.1) is 0 Å². The summed E-state index contributed by atoms with van der Waals surface area (Å²) < 4.78 is 31.0. The lowest BCUT2D eigenvalue weighted by atomic mass is 10.2. The molecule has 1 saturated heterocycles. The summed E-state index contributed by atoms with van der Waals surface area (Å²) >= 11 is 5.92. The van der Waals surface area contributed by atoms with Crippen molar-refractivity contribution in [3.05, 3.63) is 47.5 Å². The monoisotopic (exact) mass is 503 g/mol. The molecule has 1 aliphatic rings. The zero-order valence-electron chi connectivity index (χ0n) is 20.3. The molecule has 0 radical (unpaired) electrons. The van der Waals surface area contributed by atoms with Crippen LogP contribution in [0.25, 0.3) is 10.9 Å². The molecule has 0 unspecified atom stereocenters. The number of nitrogens with one attached hydrogen (secondary N) is 1. The van der Waals surface area contributed by atoms with Gasteiger partial charge in [-0.25, -0.2) is 14.4 Å². The van der Waals surface area contributed by atoms with E-state index in [9.17, 15) is 4.39 Å². The van der Waals surface area contributed by atoms with Gasteiger partial charge in [0.25, 0.3) is 0 Å². The fraction of sp³-hybridized carbons (Fsp3) is 0.440. The van der Waals surface area contributed by atoms with E-state index in [-0.39, 0.29) is 11.1 Å². The Morgan fingerprint density at radius 2 is 2.09 bits per heavy atom. The molecule has 1 N–H and O–H groups in total. The molecule has 4 rings (SSSR count). The van der Waals surface area contributed by atoms with Gasteiger partial charge in [-0.05, 0) is 44.8 Å². The number of nitrogens with zero attached hydrogens (tertiary/aromatic N) is 4. The molecule has 0 aliphatic carbocycles. The van der Waals surface area contributed by atoms with Crippen molar-refractivity contribution in [1.29, 1.82) is 0 Å². The molecular weight excluding hydrogens is 473 g/mol. The summed E-state index contributed by atoms with van der Waals surface area (Å²) in [5, 5.41) is 3.97. The summed E-state index contributed by atoms with van der Waals surface area (Å²) in [6.07, 6.45) is 2.57. The molecule has 2 aromatic carbocycles. The predicted octanol–water partition coefficient (Wildman–Crippen LogP) is 4.21. The number of halogens is 2. The van der Waals surface area contributed by atoms with E-state index in [1.54, 1.807) is 13.2 Å². The Labute approximate surface area is 209 Å². The standard InChI is InChI=1S/C25H31ClFN5O3/c1-31(2)14-18-15-32(8-10-34-18)7-4-9-35-24-12-19-22(13-23(24)33-3)28-16-29-25(19)30-17-5-6-21(27)20(26)11-17/h5-6,11-13,16,18H,4,7-10,14-15H2,1-3H3,(H,28,29,30)/t18-/m1/s1. The van der Waals surface area contributed by atoms with Crippen molar-refractivity contribution in [2.75, 3.05) is 65.9 Å². The topological polar surface area (TPSA) is 72.0 Å². The molecule has 1 aromatic heterocycles. The van der Waals surface area contributed by atoms with E-state index in [0.717, 1.165) is 44.6 Å². The number of rotatable bonds is 10. The summed E-state index contributed by atoms with van der Waals surface area (Å²) in [5.74, 6) is 1.30. The molecule has 2 heterocycles. The number of hydrogen-bond acceptors (Lipinski definition) is 8. The van der Waals surface area contributed by atoms with E-state index < -0.39 is 5.82 Å². The largest absolute Gasteiger partial charge is 0.493 e. The Balaban J connectivity index is 1.42. The van der Waals surface area contributed by atoms with Gasteiger partial charge < -0.3 is 24.4 Å². The highest BCUT2D eigenvalue weighted by Crippen LogP contribution is 2.35. The summed E-state index contributed by atoms with van der Waals surface area (Å²) in [6.45, 7) is 5.02. The average Bonchev–Trinajstić information content (AvgIpc) is 2.84. The molecule has 188 valence electrons. The Bertz CT molecular complexity index is 1150. The van der Waals surface area contributed by atoms with Crippen molar-refractivity contribution in [2.45, 2.75) is 12.5 Å². The Morgan fingerprint density at radius 1 is 1.23 bits per heavy atom. The molecule has 8 nitrogen and oxygen atoms in total. The fourth-order valence-corrected chi connectivity index (χ4v) is 4.30. The maximum absolute atomic E-state index is 13.5. The zero-order chi connectivity index (χ0) is 24.8. The number of hydrogen-bond donors (Lipinski definition) is 1. The Kier molecular flexibility index (Phi) is 8.56. The average molecular weight is 504 g/mol. The van der Waals surface area contributed by atoms with Crippen LogP contribution >= 0.6 is 11.6 Å². The number of anilines is 2. The van der Waals surface area contributed by atoms with E-state index in [1.165, 1.54) is 18.5 Å². The first-order valence-electron chi connectivity index (χ1n) is 11.6. The Hall–Kier alpha value is -2.72. The second-order valence-corrected chi connectivity index (χ2v) is 9.16. The first-order valence-corrected chi connectivity index (χ1v) is 12.0. The summed E-state index contributed by atoms with van der Waals surface area (Å²) in [6, 6.07) is 8.11. The minimum atomic E-state index is -0.476. The van der Waals surface area contributed by atoms with E-state index in [0.29, 0.717) is 35.1 Å². The minimum absolute atomic E-state index is 0.0346. The van der Waals surface area contributed by atoms with Gasteiger partial charge in [0.1, 0.15) is 18.0 Å². The molecule has 1 fully saturated rings. The lowest BCUT2D eigenvalue weighted by Crippen LogP contribution is -2.46. The molecule has 10 heteroatoms. The second-order valence-electron chi connectivity index (χ2n) is 8.75. The maximum Gasteiger partial charge on any atom is 0.162 e. The number of likely N-dealkylation sites (N-methyl/N-ethyl adjacent to an activating group) is 1. The normalized spacial score (nSPS) is 16.6. The van der Waals surface area contributed by atoms with Crippen molar-refractivity contribution in [1.82, 2.24) is 19.8 Å². The van der Waals surface area contributed by atoms with Gasteiger partial charge in [0.15, 0.2) is 11.5 Å². The maximum atomic E-state index is 13.5. The molecule has 1 atom stereocenters. The highest BCUT2D eigenvalue weighted by Gasteiger charge is 2.20. The van der Waals surface area contributed by atoms with Crippen LogP contribution in [0, 0.1) is 5.82 Å². The van der Waals surface area contributed by atoms with Gasteiger partial charge in [0.2, 0.25) is 0 Å². The molecule has 3 aromatic rings. The highest BCUT2D eigenvalue weighted by molar-refractivity contribution is 6.31. The van der Waals surface area contributed by atoms with Crippen molar-refractivity contribution in [3.8, 4) is 11.5 Å². The van der Waals surface area contributed by atoms with Crippen LogP contribution in [0.15, 0.2) is 36.7 Å². The highest BCUT2D eigenvalue weighted by atomic mass is 35.5. The van der Waals surface area contributed by atoms with Crippen LogP contribution in [-0.2, 0) is 4.74 Å². The quantitative estimate of drug-likeness (QED) is 0.413. The van der Waals surface area contributed by atoms with Crippen LogP contribution in [0.5, 0.6) is 11.5 Å². The Morgan fingerprint density at radius 3 is 2.86 bits per heavy atom. The van der Waals surface area contributed by atoms with Crippen LogP contribution in [0.3, 0.4) is 0 Å². The van der Waals surface area contributed by atoms with Crippen LogP contribution in [0.4, 0.5) is 15.9 Å². The molecule has 0 bridgehead atoms. The summed E-state index contributed by atoms with van der Waals surface area (Å²) in [7, 11) is 5.73. The summed E-state index contributed by atoms with van der Waals surface area (Å²) in [5.41, 5.74) is 1.31. The van der Waals surface area contributed by atoms with Gasteiger partial charge in [-0.2, -0.15) is 0 Å². The second kappa shape index (κ2) is 11.8. The van der Waals surface area contributed by atoms with Gasteiger partial charge in [-0.1, -0.05) is 11.6 Å². The zero-order valence-corrected chi connectivity index (χ0v) is 21.0. The SMILES string of the molecule is COc1cc2ncnc(Nc3ccc(F)c(Cl)c3)c2cc1OCCCN1CCO[C@H](CN(C)C)C1. The fourth-order valence-electron chi connectivity index (χ4n) is 4.12. The third-order valence-electron chi connectivity index (χ3n) is 5.77. The third kappa shape index (κ3) is 6.70. The molecule has 1 aliphatic heterocycles. The van der Waals surface area contributed by atoms with Crippen molar-refractivity contribution in [3.63, 3.8) is 0 Å². The van der Waals surface area contributed by atoms with E-state index in [1.807, 2.05) is 12.1 Å². The van der Waals surface area contributed by atoms with Gasteiger partial charge in [0, 0.05) is 43.3 Å². The smallest absolute Gasteiger partial charge is 0.162 e. The number of ether oxygens (including phenoxy) is 3. The molecular formula is C25H31ClFN5O3. The molecule has 35 heavy (non-hydrogen) atoms. The summed E-state index contributed by atoms with van der Waals surface area (Å²) in [4.78, 5) is 13.3. The van der Waals surface area contributed by atoms with E-state index >= 15 is 0 Å². The number of fused-ring (bicyclic) bond motifs is 1. The lowest BCUT2D eigenvalue weighted by molar-refractivity contribution is -0.0388. The third-order valence-corrected chi connectivity index (χ3v) is 6.06. The number of benzene rings is 2. The minimum Gasteiger partial charge on any atom is -0.493 e. The number of aromatic nitrogens is 2. The van der Waals surface area contributed by atoms with Crippen LogP contribution in [0.2, 0.25) is 5.02 Å². The van der Waals surface area contributed by atoms with E-state index in [4.69, 9.17) is 25.8 Å². The van der Waals surface area contributed by atoms with Crippen molar-refractivity contribution in [2.24, 2.45) is 0 Å². The first kappa shape index (κ1) is 25.4. The van der Waals surface area contributed by atoms with Crippen LogP contribution in [-0.4, -0.2) is 86.5 Å². The van der Waals surface area contributed by atoms with Gasteiger partial charge in [-0.3, -0.25) is 4.90 Å².